The Labute approximate surface area is 278 Å². The van der Waals surface area contributed by atoms with Gasteiger partial charge in [-0.25, -0.2) is 4.79 Å². The van der Waals surface area contributed by atoms with Crippen molar-refractivity contribution in [2.24, 2.45) is 5.92 Å². The van der Waals surface area contributed by atoms with E-state index in [1.165, 1.54) is 6.07 Å². The number of piperidine rings is 1. The Morgan fingerprint density at radius 2 is 1.62 bits per heavy atom. The van der Waals surface area contributed by atoms with Crippen LogP contribution >= 0.6 is 0 Å². The van der Waals surface area contributed by atoms with Crippen molar-refractivity contribution >= 4 is 34.4 Å². The maximum Gasteiger partial charge on any atom is 0.416 e. The Morgan fingerprint density at radius 1 is 0.917 bits per heavy atom. The summed E-state index contributed by atoms with van der Waals surface area (Å²) in [6, 6.07) is 25.2. The number of hydrogen-bond donors (Lipinski definition) is 1. The van der Waals surface area contributed by atoms with Crippen LogP contribution in [0.4, 0.5) is 23.7 Å². The number of benzene rings is 4. The van der Waals surface area contributed by atoms with Crippen LogP contribution in [0.25, 0.3) is 10.8 Å². The van der Waals surface area contributed by atoms with Crippen LogP contribution in [0.2, 0.25) is 0 Å². The van der Waals surface area contributed by atoms with Gasteiger partial charge in [0.05, 0.1) is 24.1 Å². The van der Waals surface area contributed by atoms with Gasteiger partial charge in [0, 0.05) is 30.9 Å². The van der Waals surface area contributed by atoms with Crippen molar-refractivity contribution in [2.75, 3.05) is 31.6 Å². The molecular weight excluding hydrogens is 619 g/mol. The van der Waals surface area contributed by atoms with Crippen LogP contribution in [0.15, 0.2) is 91.0 Å². The van der Waals surface area contributed by atoms with Gasteiger partial charge in [-0.05, 0) is 97.8 Å². The average Bonchev–Trinajstić information content (AvgIpc) is 3.09. The molecule has 1 atom stereocenters. The van der Waals surface area contributed by atoms with Gasteiger partial charge in [0.25, 0.3) is 5.91 Å². The number of aryl methyl sites for hydroxylation is 1. The molecule has 0 saturated carbocycles. The van der Waals surface area contributed by atoms with Gasteiger partial charge < -0.3 is 19.9 Å². The summed E-state index contributed by atoms with van der Waals surface area (Å²) in [5, 5.41) is 5.06. The fourth-order valence-electron chi connectivity index (χ4n) is 6.13. The number of anilines is 1. The quantitative estimate of drug-likeness (QED) is 0.173. The van der Waals surface area contributed by atoms with E-state index in [2.05, 4.69) is 5.32 Å². The first-order valence-corrected chi connectivity index (χ1v) is 16.3. The Hall–Kier alpha value is -4.86. The summed E-state index contributed by atoms with van der Waals surface area (Å²) in [6.07, 6.45) is -2.50. The van der Waals surface area contributed by atoms with Gasteiger partial charge in [-0.3, -0.25) is 9.59 Å². The first kappa shape index (κ1) is 34.5. The van der Waals surface area contributed by atoms with Crippen molar-refractivity contribution in [2.45, 2.75) is 51.7 Å². The number of nitrogens with zero attached hydrogens (tertiary/aromatic N) is 2. The summed E-state index contributed by atoms with van der Waals surface area (Å²) in [5.41, 5.74) is 1.77. The van der Waals surface area contributed by atoms with Crippen LogP contribution in [-0.2, 0) is 22.1 Å². The van der Waals surface area contributed by atoms with Crippen molar-refractivity contribution in [1.29, 1.82) is 0 Å². The summed E-state index contributed by atoms with van der Waals surface area (Å²) >= 11 is 0. The minimum atomic E-state index is -4.42. The number of ether oxygens (including phenoxy) is 1. The number of halogens is 3. The van der Waals surface area contributed by atoms with Crippen LogP contribution in [0.5, 0.6) is 0 Å². The zero-order chi connectivity index (χ0) is 34.3. The van der Waals surface area contributed by atoms with Crippen LogP contribution in [0.1, 0.15) is 66.2 Å². The van der Waals surface area contributed by atoms with Crippen LogP contribution in [0, 0.1) is 5.92 Å². The topological polar surface area (TPSA) is 79.0 Å². The summed E-state index contributed by atoms with van der Waals surface area (Å²) in [5.74, 6) is -0.558. The third kappa shape index (κ3) is 8.53. The molecule has 1 fully saturated rings. The molecule has 3 amide bonds. The number of hydrogen-bond acceptors (Lipinski definition) is 4. The zero-order valence-corrected chi connectivity index (χ0v) is 27.1. The van der Waals surface area contributed by atoms with Gasteiger partial charge in [-0.2, -0.15) is 13.2 Å². The lowest BCUT2D eigenvalue weighted by molar-refractivity contribution is -0.149. The van der Waals surface area contributed by atoms with Gasteiger partial charge in [0.15, 0.2) is 0 Å². The van der Waals surface area contributed by atoms with Crippen LogP contribution < -0.4 is 5.32 Å². The number of nitrogens with one attached hydrogen (secondary N) is 1. The van der Waals surface area contributed by atoms with Crippen LogP contribution in [0.3, 0.4) is 0 Å². The van der Waals surface area contributed by atoms with Gasteiger partial charge in [0.1, 0.15) is 0 Å². The maximum absolute atomic E-state index is 13.8. The predicted molar refractivity (Wildman–Crippen MR) is 180 cm³/mol. The molecular formula is C38H40F3N3O4. The number of esters is 1. The highest BCUT2D eigenvalue weighted by Gasteiger charge is 2.31. The minimum absolute atomic E-state index is 0.142. The van der Waals surface area contributed by atoms with E-state index < -0.39 is 11.7 Å². The SMILES string of the molecule is CCOC(=O)C1CCN(C(=O)c2ccc(NC(=O)N(CCCc3cccc(C(F)(F)F)c3)[C@@H](C)c3ccc4ccccc4c3)cc2)CC1. The molecule has 1 aliphatic heterocycles. The highest BCUT2D eigenvalue weighted by atomic mass is 19.4. The lowest BCUT2D eigenvalue weighted by Crippen LogP contribution is -2.40. The highest BCUT2D eigenvalue weighted by Crippen LogP contribution is 2.30. The van der Waals surface area contributed by atoms with Crippen molar-refractivity contribution < 1.29 is 32.3 Å². The van der Waals surface area contributed by atoms with E-state index in [1.807, 2.05) is 49.4 Å². The second-order valence-corrected chi connectivity index (χ2v) is 12.1. The fourth-order valence-corrected chi connectivity index (χ4v) is 6.13. The smallest absolute Gasteiger partial charge is 0.416 e. The minimum Gasteiger partial charge on any atom is -0.466 e. The maximum atomic E-state index is 13.8. The predicted octanol–water partition coefficient (Wildman–Crippen LogP) is 8.50. The summed E-state index contributed by atoms with van der Waals surface area (Å²) in [6.45, 7) is 5.26. The molecule has 0 radical (unpaired) electrons. The lowest BCUT2D eigenvalue weighted by Gasteiger charge is -2.31. The lowest BCUT2D eigenvalue weighted by atomic mass is 9.96. The average molecular weight is 660 g/mol. The standard InChI is InChI=1S/C38H40F3N3O4/c1-3-48-36(46)30-19-22-43(23-20-30)35(45)29-15-17-34(18-16-29)42-37(47)44(21-7-9-27-8-6-12-33(24-27)38(39,40)41)26(2)31-14-13-28-10-4-5-11-32(28)25-31/h4-6,8,10-18,24-26,30H,3,7,9,19-23H2,1-2H3,(H,42,47)/t26-/m0/s1. The van der Waals surface area contributed by atoms with E-state index >= 15 is 0 Å². The van der Waals surface area contributed by atoms with Crippen molar-refractivity contribution in [3.8, 4) is 0 Å². The molecule has 0 bridgehead atoms. The van der Waals surface area contributed by atoms with Gasteiger partial charge in [-0.1, -0.05) is 54.6 Å². The first-order valence-electron chi connectivity index (χ1n) is 16.3. The summed E-state index contributed by atoms with van der Waals surface area (Å²) in [7, 11) is 0. The number of urea groups is 1. The van der Waals surface area contributed by atoms with Gasteiger partial charge in [-0.15, -0.1) is 0 Å². The van der Waals surface area contributed by atoms with E-state index in [9.17, 15) is 27.6 Å². The largest absolute Gasteiger partial charge is 0.466 e. The second-order valence-electron chi connectivity index (χ2n) is 12.1. The first-order chi connectivity index (χ1) is 23.0. The molecule has 0 aliphatic carbocycles. The Bertz CT molecular complexity index is 1730. The molecule has 1 saturated heterocycles. The molecule has 0 unspecified atom stereocenters. The molecule has 1 N–H and O–H groups in total. The number of likely N-dealkylation sites (tertiary alicyclic amines) is 1. The Balaban J connectivity index is 1.27. The number of fused-ring (bicyclic) bond motifs is 1. The monoisotopic (exact) mass is 659 g/mol. The highest BCUT2D eigenvalue weighted by molar-refractivity contribution is 5.96. The number of amides is 3. The van der Waals surface area contributed by atoms with E-state index in [1.54, 1.807) is 47.1 Å². The van der Waals surface area contributed by atoms with E-state index in [-0.39, 0.29) is 29.9 Å². The molecule has 1 aliphatic rings. The van der Waals surface area contributed by atoms with Gasteiger partial charge in [0.2, 0.25) is 0 Å². The third-order valence-corrected chi connectivity index (χ3v) is 8.89. The number of rotatable bonds is 10. The third-order valence-electron chi connectivity index (χ3n) is 8.89. The summed E-state index contributed by atoms with van der Waals surface area (Å²) < 4.78 is 44.9. The fraction of sp³-hybridized carbons (Fsp3) is 0.342. The molecule has 252 valence electrons. The van der Waals surface area contributed by atoms with Gasteiger partial charge >= 0.3 is 18.2 Å². The second kappa shape index (κ2) is 15.4. The van der Waals surface area contributed by atoms with E-state index in [0.29, 0.717) is 68.7 Å². The normalized spacial score (nSPS) is 14.4. The zero-order valence-electron chi connectivity index (χ0n) is 27.1. The van der Waals surface area contributed by atoms with Crippen molar-refractivity contribution in [3.05, 3.63) is 113 Å². The molecule has 1 heterocycles. The molecule has 0 aromatic heterocycles. The molecule has 10 heteroatoms. The summed E-state index contributed by atoms with van der Waals surface area (Å²) in [4.78, 5) is 42.4. The van der Waals surface area contributed by atoms with E-state index in [4.69, 9.17) is 4.74 Å². The molecule has 7 nitrogen and oxygen atoms in total. The molecule has 48 heavy (non-hydrogen) atoms. The molecule has 4 aromatic rings. The van der Waals surface area contributed by atoms with E-state index in [0.717, 1.165) is 28.5 Å². The Morgan fingerprint density at radius 3 is 2.31 bits per heavy atom. The van der Waals surface area contributed by atoms with Crippen molar-refractivity contribution in [3.63, 3.8) is 0 Å². The Kier molecular flexibility index (Phi) is 11.0. The number of alkyl halides is 3. The molecule has 5 rings (SSSR count). The van der Waals surface area contributed by atoms with Crippen LogP contribution in [-0.4, -0.2) is 53.9 Å². The number of carbonyl (C=O) groups is 3. The molecule has 4 aromatic carbocycles. The molecule has 0 spiro atoms. The van der Waals surface area contributed by atoms with Crippen molar-refractivity contribution in [1.82, 2.24) is 9.80 Å². The number of carbonyl (C=O) groups excluding carboxylic acids is 3.